The average Bonchev–Trinajstić information content (AvgIpc) is 2.82. The molecule has 2 aliphatic rings. The normalized spacial score (nSPS) is 18.9. The average molecular weight is 430 g/mol. The summed E-state index contributed by atoms with van der Waals surface area (Å²) >= 11 is 0. The lowest BCUT2D eigenvalue weighted by Gasteiger charge is -2.34. The van der Waals surface area contributed by atoms with Gasteiger partial charge in [-0.15, -0.1) is 0 Å². The number of piperidine rings is 1. The third-order valence-electron chi connectivity index (χ3n) is 6.37. The monoisotopic (exact) mass is 429 g/mol. The minimum atomic E-state index is 0.141. The molecule has 31 heavy (non-hydrogen) atoms. The molecule has 1 amide bonds. The molecule has 0 aromatic carbocycles. The SMILES string of the molecule is CCNC(=NCc1ccc(N2CCN(CC)CC2)nc1)N1CCC(CC(=O)NC)CC1. The highest BCUT2D eigenvalue weighted by atomic mass is 16.1. The summed E-state index contributed by atoms with van der Waals surface area (Å²) in [7, 11) is 1.71. The topological polar surface area (TPSA) is 76.1 Å². The van der Waals surface area contributed by atoms with Crippen LogP contribution in [-0.2, 0) is 11.3 Å². The Balaban J connectivity index is 1.53. The first kappa shape index (κ1) is 23.3. The molecule has 0 atom stereocenters. The van der Waals surface area contributed by atoms with Gasteiger partial charge in [-0.05, 0) is 43.9 Å². The Morgan fingerprint density at radius 1 is 1.13 bits per heavy atom. The first-order valence-corrected chi connectivity index (χ1v) is 11.8. The Morgan fingerprint density at radius 2 is 1.87 bits per heavy atom. The van der Waals surface area contributed by atoms with E-state index in [0.29, 0.717) is 18.9 Å². The molecule has 8 nitrogen and oxygen atoms in total. The summed E-state index contributed by atoms with van der Waals surface area (Å²) in [6, 6.07) is 4.28. The molecular weight excluding hydrogens is 390 g/mol. The van der Waals surface area contributed by atoms with Crippen molar-refractivity contribution in [1.29, 1.82) is 0 Å². The number of likely N-dealkylation sites (N-methyl/N-ethyl adjacent to an activating group) is 1. The van der Waals surface area contributed by atoms with Crippen molar-refractivity contribution >= 4 is 17.7 Å². The number of amides is 1. The van der Waals surface area contributed by atoms with E-state index in [0.717, 1.165) is 82.5 Å². The number of pyridine rings is 1. The van der Waals surface area contributed by atoms with Gasteiger partial charge < -0.3 is 25.3 Å². The zero-order valence-electron chi connectivity index (χ0n) is 19.4. The van der Waals surface area contributed by atoms with Gasteiger partial charge in [0.1, 0.15) is 5.82 Å². The maximum absolute atomic E-state index is 11.6. The third-order valence-corrected chi connectivity index (χ3v) is 6.37. The quantitative estimate of drug-likeness (QED) is 0.506. The Kier molecular flexibility index (Phi) is 8.94. The van der Waals surface area contributed by atoms with Gasteiger partial charge in [0.2, 0.25) is 5.91 Å². The van der Waals surface area contributed by atoms with Gasteiger partial charge in [0.25, 0.3) is 0 Å². The summed E-state index contributed by atoms with van der Waals surface area (Å²) in [6.07, 6.45) is 4.65. The van der Waals surface area contributed by atoms with Crippen LogP contribution < -0.4 is 15.5 Å². The number of piperazine rings is 1. The molecule has 172 valence electrons. The molecule has 3 rings (SSSR count). The number of rotatable bonds is 7. The molecular formula is C23H39N7O. The number of aliphatic imine (C=N–C) groups is 1. The smallest absolute Gasteiger partial charge is 0.220 e. The molecule has 2 fully saturated rings. The van der Waals surface area contributed by atoms with Crippen LogP contribution in [0.5, 0.6) is 0 Å². The van der Waals surface area contributed by atoms with Crippen LogP contribution in [0, 0.1) is 5.92 Å². The van der Waals surface area contributed by atoms with Gasteiger partial charge in [0.05, 0.1) is 6.54 Å². The van der Waals surface area contributed by atoms with Gasteiger partial charge in [-0.25, -0.2) is 9.98 Å². The van der Waals surface area contributed by atoms with E-state index < -0.39 is 0 Å². The Bertz CT molecular complexity index is 705. The van der Waals surface area contributed by atoms with Crippen molar-refractivity contribution in [2.75, 3.05) is 64.3 Å². The molecule has 0 aliphatic carbocycles. The van der Waals surface area contributed by atoms with Crippen molar-refractivity contribution in [2.45, 2.75) is 39.7 Å². The number of anilines is 1. The molecule has 0 radical (unpaired) electrons. The standard InChI is InChI=1S/C23H39N7O/c1-4-25-23(30-10-8-19(9-11-30)16-22(31)24-3)27-18-20-6-7-21(26-17-20)29-14-12-28(5-2)13-15-29/h6-7,17,19H,4-5,8-16,18H2,1-3H3,(H,24,31)(H,25,27). The van der Waals surface area contributed by atoms with E-state index in [1.165, 1.54) is 0 Å². The van der Waals surface area contributed by atoms with Gasteiger partial charge in [0, 0.05) is 65.5 Å². The highest BCUT2D eigenvalue weighted by Crippen LogP contribution is 2.21. The van der Waals surface area contributed by atoms with Crippen LogP contribution in [0.15, 0.2) is 23.3 Å². The van der Waals surface area contributed by atoms with E-state index >= 15 is 0 Å². The molecule has 2 N–H and O–H groups in total. The first-order chi connectivity index (χ1) is 15.1. The number of carbonyl (C=O) groups excluding carboxylic acids is 1. The summed E-state index contributed by atoms with van der Waals surface area (Å²) in [5.74, 6) is 2.63. The number of hydrogen-bond acceptors (Lipinski definition) is 5. The predicted octanol–water partition coefficient (Wildman–Crippen LogP) is 1.54. The molecule has 1 aromatic heterocycles. The summed E-state index contributed by atoms with van der Waals surface area (Å²) in [5.41, 5.74) is 1.13. The second-order valence-corrected chi connectivity index (χ2v) is 8.42. The van der Waals surface area contributed by atoms with Gasteiger partial charge in [-0.2, -0.15) is 0 Å². The Morgan fingerprint density at radius 3 is 2.45 bits per heavy atom. The lowest BCUT2D eigenvalue weighted by molar-refractivity contribution is -0.121. The highest BCUT2D eigenvalue weighted by Gasteiger charge is 2.23. The zero-order chi connectivity index (χ0) is 22.1. The fourth-order valence-corrected chi connectivity index (χ4v) is 4.30. The fraction of sp³-hybridized carbons (Fsp3) is 0.696. The number of hydrogen-bond donors (Lipinski definition) is 2. The van der Waals surface area contributed by atoms with Crippen molar-refractivity contribution < 1.29 is 4.79 Å². The number of likely N-dealkylation sites (tertiary alicyclic amines) is 1. The Hall–Kier alpha value is -2.35. The number of carbonyl (C=O) groups is 1. The van der Waals surface area contributed by atoms with Crippen molar-refractivity contribution in [1.82, 2.24) is 25.4 Å². The maximum atomic E-state index is 11.6. The Labute approximate surface area is 187 Å². The number of guanidine groups is 1. The summed E-state index contributed by atoms with van der Waals surface area (Å²) in [6.45, 7) is 13.1. The largest absolute Gasteiger partial charge is 0.359 e. The highest BCUT2D eigenvalue weighted by molar-refractivity contribution is 5.80. The van der Waals surface area contributed by atoms with Crippen LogP contribution in [0.2, 0.25) is 0 Å². The zero-order valence-corrected chi connectivity index (χ0v) is 19.4. The van der Waals surface area contributed by atoms with Crippen LogP contribution >= 0.6 is 0 Å². The third kappa shape index (κ3) is 6.82. The number of nitrogens with zero attached hydrogens (tertiary/aromatic N) is 5. The molecule has 8 heteroatoms. The van der Waals surface area contributed by atoms with Gasteiger partial charge >= 0.3 is 0 Å². The predicted molar refractivity (Wildman–Crippen MR) is 126 cm³/mol. The fourth-order valence-electron chi connectivity index (χ4n) is 4.30. The summed E-state index contributed by atoms with van der Waals surface area (Å²) in [4.78, 5) is 28.4. The van der Waals surface area contributed by atoms with E-state index in [2.05, 4.69) is 51.3 Å². The van der Waals surface area contributed by atoms with Crippen LogP contribution in [-0.4, -0.2) is 86.1 Å². The lowest BCUT2D eigenvalue weighted by Crippen LogP contribution is -2.46. The molecule has 0 bridgehead atoms. The molecule has 1 aromatic rings. The van der Waals surface area contributed by atoms with Crippen LogP contribution in [0.25, 0.3) is 0 Å². The van der Waals surface area contributed by atoms with E-state index in [1.807, 2.05) is 6.20 Å². The van der Waals surface area contributed by atoms with E-state index in [-0.39, 0.29) is 5.91 Å². The van der Waals surface area contributed by atoms with Crippen molar-refractivity contribution in [3.8, 4) is 0 Å². The van der Waals surface area contributed by atoms with E-state index in [4.69, 9.17) is 9.98 Å². The summed E-state index contributed by atoms with van der Waals surface area (Å²) in [5, 5.41) is 6.16. The second kappa shape index (κ2) is 11.9. The van der Waals surface area contributed by atoms with E-state index in [9.17, 15) is 4.79 Å². The summed E-state index contributed by atoms with van der Waals surface area (Å²) < 4.78 is 0. The first-order valence-electron chi connectivity index (χ1n) is 11.8. The molecule has 2 saturated heterocycles. The van der Waals surface area contributed by atoms with E-state index in [1.54, 1.807) is 7.05 Å². The molecule has 0 saturated carbocycles. The minimum absolute atomic E-state index is 0.141. The molecule has 0 spiro atoms. The second-order valence-electron chi connectivity index (χ2n) is 8.42. The number of aromatic nitrogens is 1. The lowest BCUT2D eigenvalue weighted by atomic mass is 9.93. The maximum Gasteiger partial charge on any atom is 0.220 e. The van der Waals surface area contributed by atoms with Crippen molar-refractivity contribution in [3.05, 3.63) is 23.9 Å². The van der Waals surface area contributed by atoms with Gasteiger partial charge in [-0.1, -0.05) is 13.0 Å². The van der Waals surface area contributed by atoms with Gasteiger partial charge in [-0.3, -0.25) is 4.79 Å². The van der Waals surface area contributed by atoms with Crippen molar-refractivity contribution in [2.24, 2.45) is 10.9 Å². The minimum Gasteiger partial charge on any atom is -0.359 e. The molecule has 2 aliphatic heterocycles. The van der Waals surface area contributed by atoms with Crippen molar-refractivity contribution in [3.63, 3.8) is 0 Å². The molecule has 0 unspecified atom stereocenters. The van der Waals surface area contributed by atoms with Crippen LogP contribution in [0.3, 0.4) is 0 Å². The van der Waals surface area contributed by atoms with Gasteiger partial charge in [0.15, 0.2) is 5.96 Å². The van der Waals surface area contributed by atoms with Crippen LogP contribution in [0.4, 0.5) is 5.82 Å². The van der Waals surface area contributed by atoms with Crippen LogP contribution in [0.1, 0.15) is 38.7 Å². The number of nitrogens with one attached hydrogen (secondary N) is 2. The molecule has 3 heterocycles.